The van der Waals surface area contributed by atoms with Gasteiger partial charge in [-0.25, -0.2) is 0 Å². The SMILES string of the molecule is CCC[C@@H]1/C(=N/O)[C@@H](C)[C@@H](c2ccccc2)[NH2+][C@H]1c1ccccc1. The van der Waals surface area contributed by atoms with Gasteiger partial charge in [-0.05, 0) is 6.42 Å². The van der Waals surface area contributed by atoms with E-state index in [1.54, 1.807) is 0 Å². The van der Waals surface area contributed by atoms with Gasteiger partial charge in [0.05, 0.1) is 17.5 Å². The molecule has 24 heavy (non-hydrogen) atoms. The maximum Gasteiger partial charge on any atom is 0.120 e. The van der Waals surface area contributed by atoms with Gasteiger partial charge in [0.15, 0.2) is 0 Å². The van der Waals surface area contributed by atoms with Gasteiger partial charge in [-0.3, -0.25) is 0 Å². The van der Waals surface area contributed by atoms with Gasteiger partial charge in [0.25, 0.3) is 0 Å². The molecule has 0 spiro atoms. The zero-order valence-electron chi connectivity index (χ0n) is 14.5. The highest BCUT2D eigenvalue weighted by molar-refractivity contribution is 5.90. The van der Waals surface area contributed by atoms with Crippen LogP contribution >= 0.6 is 0 Å². The van der Waals surface area contributed by atoms with Gasteiger partial charge in [0.1, 0.15) is 12.1 Å². The first-order valence-corrected chi connectivity index (χ1v) is 8.93. The minimum Gasteiger partial charge on any atom is -0.411 e. The molecule has 3 rings (SSSR count). The summed E-state index contributed by atoms with van der Waals surface area (Å²) in [7, 11) is 0. The maximum atomic E-state index is 9.76. The molecule has 1 aliphatic rings. The number of rotatable bonds is 4. The molecular formula is C21H27N2O+. The van der Waals surface area contributed by atoms with Crippen LogP contribution in [-0.2, 0) is 0 Å². The van der Waals surface area contributed by atoms with Crippen LogP contribution < -0.4 is 5.32 Å². The Morgan fingerprint density at radius 3 is 1.96 bits per heavy atom. The van der Waals surface area contributed by atoms with Gasteiger partial charge in [-0.1, -0.05) is 86.1 Å². The number of quaternary nitrogens is 1. The fourth-order valence-corrected chi connectivity index (χ4v) is 4.13. The van der Waals surface area contributed by atoms with E-state index in [9.17, 15) is 5.21 Å². The average Bonchev–Trinajstić information content (AvgIpc) is 2.64. The van der Waals surface area contributed by atoms with E-state index in [2.05, 4.69) is 78.9 Å². The van der Waals surface area contributed by atoms with Gasteiger partial charge < -0.3 is 10.5 Å². The molecule has 0 aliphatic carbocycles. The molecule has 0 radical (unpaired) electrons. The monoisotopic (exact) mass is 323 g/mol. The first-order valence-electron chi connectivity index (χ1n) is 8.93. The molecular weight excluding hydrogens is 296 g/mol. The van der Waals surface area contributed by atoms with Gasteiger partial charge in [0, 0.05) is 11.1 Å². The normalized spacial score (nSPS) is 28.8. The van der Waals surface area contributed by atoms with Crippen LogP contribution in [-0.4, -0.2) is 10.9 Å². The number of hydrogen-bond acceptors (Lipinski definition) is 2. The average molecular weight is 323 g/mol. The van der Waals surface area contributed by atoms with Crippen molar-refractivity contribution in [3.63, 3.8) is 0 Å². The Hall–Kier alpha value is -2.13. The van der Waals surface area contributed by atoms with E-state index in [4.69, 9.17) is 0 Å². The molecule has 3 nitrogen and oxygen atoms in total. The number of hydrogen-bond donors (Lipinski definition) is 2. The second-order valence-corrected chi connectivity index (χ2v) is 6.77. The van der Waals surface area contributed by atoms with Gasteiger partial charge in [0.2, 0.25) is 0 Å². The summed E-state index contributed by atoms with van der Waals surface area (Å²) in [5.41, 5.74) is 3.55. The molecule has 1 heterocycles. The Balaban J connectivity index is 2.01. The van der Waals surface area contributed by atoms with Gasteiger partial charge >= 0.3 is 0 Å². The maximum absolute atomic E-state index is 9.76. The second-order valence-electron chi connectivity index (χ2n) is 6.77. The van der Waals surface area contributed by atoms with Crippen molar-refractivity contribution in [1.29, 1.82) is 0 Å². The van der Waals surface area contributed by atoms with Crippen LogP contribution in [0.5, 0.6) is 0 Å². The van der Waals surface area contributed by atoms with E-state index in [0.717, 1.165) is 18.6 Å². The highest BCUT2D eigenvalue weighted by atomic mass is 16.4. The molecule has 0 bridgehead atoms. The topological polar surface area (TPSA) is 49.2 Å². The van der Waals surface area contributed by atoms with Crippen LogP contribution in [0.1, 0.15) is 49.9 Å². The van der Waals surface area contributed by atoms with Crippen LogP contribution in [0.4, 0.5) is 0 Å². The third-order valence-corrected chi connectivity index (χ3v) is 5.32. The van der Waals surface area contributed by atoms with Crippen molar-refractivity contribution >= 4 is 5.71 Å². The lowest BCUT2D eigenvalue weighted by Gasteiger charge is -2.39. The number of piperidine rings is 1. The highest BCUT2D eigenvalue weighted by Gasteiger charge is 2.44. The molecule has 0 saturated carbocycles. The summed E-state index contributed by atoms with van der Waals surface area (Å²) in [5, 5.41) is 16.0. The van der Waals surface area contributed by atoms with Crippen LogP contribution in [0.2, 0.25) is 0 Å². The van der Waals surface area contributed by atoms with E-state index in [0.29, 0.717) is 6.04 Å². The van der Waals surface area contributed by atoms with E-state index in [1.165, 1.54) is 11.1 Å². The molecule has 1 saturated heterocycles. The molecule has 3 N–H and O–H groups in total. The van der Waals surface area contributed by atoms with Crippen molar-refractivity contribution in [3.05, 3.63) is 71.8 Å². The minimum absolute atomic E-state index is 0.217. The van der Waals surface area contributed by atoms with Crippen molar-refractivity contribution in [2.45, 2.75) is 38.8 Å². The number of oxime groups is 1. The summed E-state index contributed by atoms with van der Waals surface area (Å²) >= 11 is 0. The number of nitrogens with two attached hydrogens (primary N) is 1. The summed E-state index contributed by atoms with van der Waals surface area (Å²) in [4.78, 5) is 0. The van der Waals surface area contributed by atoms with E-state index in [-0.39, 0.29) is 17.9 Å². The summed E-state index contributed by atoms with van der Waals surface area (Å²) < 4.78 is 0. The molecule has 4 atom stereocenters. The number of benzene rings is 2. The largest absolute Gasteiger partial charge is 0.411 e. The Bertz CT molecular complexity index is 669. The fourth-order valence-electron chi connectivity index (χ4n) is 4.13. The molecule has 1 fully saturated rings. The molecule has 1 aliphatic heterocycles. The summed E-state index contributed by atoms with van der Waals surface area (Å²) in [6.45, 7) is 4.39. The third-order valence-electron chi connectivity index (χ3n) is 5.32. The van der Waals surface area contributed by atoms with Crippen LogP contribution in [0, 0.1) is 11.8 Å². The zero-order chi connectivity index (χ0) is 16.9. The molecule has 3 heteroatoms. The van der Waals surface area contributed by atoms with E-state index in [1.807, 2.05) is 6.07 Å². The van der Waals surface area contributed by atoms with E-state index < -0.39 is 0 Å². The highest BCUT2D eigenvalue weighted by Crippen LogP contribution is 2.35. The van der Waals surface area contributed by atoms with Crippen molar-refractivity contribution < 1.29 is 10.5 Å². The molecule has 0 unspecified atom stereocenters. The second kappa shape index (κ2) is 7.63. The van der Waals surface area contributed by atoms with Crippen LogP contribution in [0.3, 0.4) is 0 Å². The quantitative estimate of drug-likeness (QED) is 0.650. The van der Waals surface area contributed by atoms with Crippen molar-refractivity contribution in [2.24, 2.45) is 17.0 Å². The van der Waals surface area contributed by atoms with Crippen LogP contribution in [0.15, 0.2) is 65.8 Å². The summed E-state index contributed by atoms with van der Waals surface area (Å²) in [5.74, 6) is 0.492. The Kier molecular flexibility index (Phi) is 5.31. The summed E-state index contributed by atoms with van der Waals surface area (Å²) in [6, 6.07) is 21.8. The smallest absolute Gasteiger partial charge is 0.120 e. The molecule has 0 amide bonds. The van der Waals surface area contributed by atoms with E-state index >= 15 is 0 Å². The zero-order valence-corrected chi connectivity index (χ0v) is 14.5. The lowest BCUT2D eigenvalue weighted by Crippen LogP contribution is -2.91. The van der Waals surface area contributed by atoms with Crippen molar-refractivity contribution in [3.8, 4) is 0 Å². The standard InChI is InChI=1S/C21H26N2O/c1-3-10-18-20(23-24)15(2)19(16-11-6-4-7-12-16)22-21(18)17-13-8-5-9-14-17/h4-9,11-15,18-19,21-22,24H,3,10H2,1-2H3/p+1/b23-20+/t15-,18+,19-,21-/m0/s1. The molecule has 126 valence electrons. The molecule has 2 aromatic rings. The third kappa shape index (κ3) is 3.22. The lowest BCUT2D eigenvalue weighted by molar-refractivity contribution is -0.747. The summed E-state index contributed by atoms with van der Waals surface area (Å²) in [6.07, 6.45) is 2.13. The first-order chi connectivity index (χ1) is 11.8. The van der Waals surface area contributed by atoms with Crippen molar-refractivity contribution in [2.75, 3.05) is 0 Å². The fraction of sp³-hybridized carbons (Fsp3) is 0.381. The first kappa shape index (κ1) is 16.7. The Morgan fingerprint density at radius 2 is 1.46 bits per heavy atom. The van der Waals surface area contributed by atoms with Crippen LogP contribution in [0.25, 0.3) is 0 Å². The predicted octanol–water partition coefficient (Wildman–Crippen LogP) is 3.93. The van der Waals surface area contributed by atoms with Crippen molar-refractivity contribution in [1.82, 2.24) is 0 Å². The Labute approximate surface area is 144 Å². The number of nitrogens with zero attached hydrogens (tertiary/aromatic N) is 1. The molecule has 0 aromatic heterocycles. The lowest BCUT2D eigenvalue weighted by atomic mass is 9.73. The van der Waals surface area contributed by atoms with Gasteiger partial charge in [-0.15, -0.1) is 0 Å². The Morgan fingerprint density at radius 1 is 0.917 bits per heavy atom. The molecule has 2 aromatic carbocycles. The predicted molar refractivity (Wildman–Crippen MR) is 97.1 cm³/mol. The minimum atomic E-state index is 0.217. The van der Waals surface area contributed by atoms with Gasteiger partial charge in [-0.2, -0.15) is 0 Å².